The van der Waals surface area contributed by atoms with Crippen LogP contribution in [0.4, 0.5) is 11.5 Å². The predicted molar refractivity (Wildman–Crippen MR) is 95.7 cm³/mol. The predicted octanol–water partition coefficient (Wildman–Crippen LogP) is 2.79. The van der Waals surface area contributed by atoms with Gasteiger partial charge in [0.2, 0.25) is 0 Å². The maximum atomic E-state index is 12.9. The van der Waals surface area contributed by atoms with E-state index in [1.807, 2.05) is 38.1 Å². The van der Waals surface area contributed by atoms with Crippen molar-refractivity contribution in [3.63, 3.8) is 0 Å². The number of likely N-dealkylation sites (N-methyl/N-ethyl adjacent to an activating group) is 1. The summed E-state index contributed by atoms with van der Waals surface area (Å²) in [4.78, 5) is 31.5. The Morgan fingerprint density at radius 2 is 2.00 bits per heavy atom. The van der Waals surface area contributed by atoms with Crippen LogP contribution in [0.1, 0.15) is 26.3 Å². The summed E-state index contributed by atoms with van der Waals surface area (Å²) in [5.74, 6) is -0.0568. The highest BCUT2D eigenvalue weighted by Gasteiger charge is 2.51. The normalized spacial score (nSPS) is 19.2. The first kappa shape index (κ1) is 17.0. The molecule has 6 nitrogen and oxygen atoms in total. The molecule has 1 aliphatic rings. The van der Waals surface area contributed by atoms with Gasteiger partial charge in [-0.1, -0.05) is 25.1 Å². The van der Waals surface area contributed by atoms with Crippen molar-refractivity contribution in [1.82, 2.24) is 4.98 Å². The molecule has 2 aromatic rings. The summed E-state index contributed by atoms with van der Waals surface area (Å²) < 4.78 is 5.81. The first-order chi connectivity index (χ1) is 12.0. The number of carbonyl (C=O) groups is 2. The molecule has 3 rings (SSSR count). The smallest absolute Gasteiger partial charge is 0.282 e. The number of nitrogens with one attached hydrogen (secondary N) is 1. The topological polar surface area (TPSA) is 71.5 Å². The van der Waals surface area contributed by atoms with Crippen LogP contribution in [-0.4, -0.2) is 28.9 Å². The van der Waals surface area contributed by atoms with Gasteiger partial charge in [-0.3, -0.25) is 14.5 Å². The van der Waals surface area contributed by atoms with E-state index in [-0.39, 0.29) is 0 Å². The van der Waals surface area contributed by atoms with Gasteiger partial charge in [-0.15, -0.1) is 0 Å². The first-order valence-electron chi connectivity index (χ1n) is 8.36. The number of hydrogen-bond acceptors (Lipinski definition) is 4. The summed E-state index contributed by atoms with van der Waals surface area (Å²) in [6.45, 7) is 5.75. The highest BCUT2D eigenvalue weighted by molar-refractivity contribution is 6.19. The van der Waals surface area contributed by atoms with Gasteiger partial charge in [-0.25, -0.2) is 4.98 Å². The van der Waals surface area contributed by atoms with Crippen molar-refractivity contribution in [2.75, 3.05) is 16.8 Å². The van der Waals surface area contributed by atoms with Gasteiger partial charge in [0.15, 0.2) is 11.6 Å². The molecule has 2 heterocycles. The quantitative estimate of drug-likeness (QED) is 0.870. The van der Waals surface area contributed by atoms with Crippen molar-refractivity contribution < 1.29 is 14.3 Å². The van der Waals surface area contributed by atoms with Crippen LogP contribution in [0.5, 0.6) is 5.75 Å². The summed E-state index contributed by atoms with van der Waals surface area (Å²) in [5, 5.41) is 2.85. The number of amides is 2. The molecule has 1 N–H and O–H groups in total. The lowest BCUT2D eigenvalue weighted by atomic mass is 10.00. The SMILES string of the molecule is CCc1ccccc1NC(=O)[C@@]1(C)Oc2cccnc2N(CC)C1=O. The molecule has 0 spiro atoms. The third kappa shape index (κ3) is 2.84. The van der Waals surface area contributed by atoms with Crippen LogP contribution in [0.25, 0.3) is 0 Å². The molecule has 6 heteroatoms. The largest absolute Gasteiger partial charge is 0.464 e. The summed E-state index contributed by atoms with van der Waals surface area (Å²) >= 11 is 0. The third-order valence-corrected chi connectivity index (χ3v) is 4.37. The second kappa shape index (κ2) is 6.55. The molecule has 1 aliphatic heterocycles. The highest BCUT2D eigenvalue weighted by atomic mass is 16.5. The molecule has 0 saturated carbocycles. The number of benzene rings is 1. The van der Waals surface area contributed by atoms with Gasteiger partial charge >= 0.3 is 0 Å². The van der Waals surface area contributed by atoms with Crippen LogP contribution in [0.3, 0.4) is 0 Å². The lowest BCUT2D eigenvalue weighted by Gasteiger charge is -2.38. The van der Waals surface area contributed by atoms with Crippen LogP contribution in [0, 0.1) is 0 Å². The second-order valence-corrected chi connectivity index (χ2v) is 5.97. The minimum Gasteiger partial charge on any atom is -0.464 e. The molecule has 1 atom stereocenters. The minimum absolute atomic E-state index is 0.403. The van der Waals surface area contributed by atoms with Crippen molar-refractivity contribution in [3.05, 3.63) is 48.2 Å². The number of rotatable bonds is 4. The zero-order valence-corrected chi connectivity index (χ0v) is 14.6. The average Bonchev–Trinajstić information content (AvgIpc) is 2.63. The summed E-state index contributed by atoms with van der Waals surface area (Å²) in [6, 6.07) is 11.0. The number of aromatic nitrogens is 1. The second-order valence-electron chi connectivity index (χ2n) is 5.97. The molecule has 130 valence electrons. The Morgan fingerprint density at radius 1 is 1.24 bits per heavy atom. The van der Waals surface area contributed by atoms with Gasteiger partial charge in [-0.05, 0) is 44.0 Å². The molecular weight excluding hydrogens is 318 g/mol. The zero-order chi connectivity index (χ0) is 18.0. The molecule has 1 aromatic heterocycles. The Hall–Kier alpha value is -2.89. The highest BCUT2D eigenvalue weighted by Crippen LogP contribution is 2.36. The maximum Gasteiger partial charge on any atom is 0.282 e. The minimum atomic E-state index is -1.65. The van der Waals surface area contributed by atoms with Crippen molar-refractivity contribution in [2.24, 2.45) is 0 Å². The van der Waals surface area contributed by atoms with Crippen LogP contribution in [-0.2, 0) is 16.0 Å². The van der Waals surface area contributed by atoms with Crippen molar-refractivity contribution in [2.45, 2.75) is 32.8 Å². The van der Waals surface area contributed by atoms with Crippen LogP contribution >= 0.6 is 0 Å². The van der Waals surface area contributed by atoms with E-state index in [1.54, 1.807) is 18.3 Å². The number of pyridine rings is 1. The van der Waals surface area contributed by atoms with Gasteiger partial charge in [-0.2, -0.15) is 0 Å². The number of hydrogen-bond donors (Lipinski definition) is 1. The lowest BCUT2D eigenvalue weighted by Crippen LogP contribution is -2.61. The maximum absolute atomic E-state index is 12.9. The molecule has 2 amide bonds. The number of nitrogens with zero attached hydrogens (tertiary/aromatic N) is 2. The summed E-state index contributed by atoms with van der Waals surface area (Å²) in [5.41, 5.74) is 0.0390. The van der Waals surface area contributed by atoms with Crippen LogP contribution < -0.4 is 15.0 Å². The van der Waals surface area contributed by atoms with Crippen LogP contribution in [0.2, 0.25) is 0 Å². The first-order valence-corrected chi connectivity index (χ1v) is 8.36. The van der Waals surface area contributed by atoms with E-state index in [9.17, 15) is 9.59 Å². The van der Waals surface area contributed by atoms with Gasteiger partial charge < -0.3 is 10.1 Å². The average molecular weight is 339 g/mol. The number of carbonyl (C=O) groups excluding carboxylic acids is 2. The Balaban J connectivity index is 1.95. The van der Waals surface area contributed by atoms with Crippen molar-refractivity contribution in [1.29, 1.82) is 0 Å². The van der Waals surface area contributed by atoms with E-state index >= 15 is 0 Å². The van der Waals surface area contributed by atoms with Gasteiger partial charge in [0.05, 0.1) is 0 Å². The Morgan fingerprint density at radius 3 is 2.72 bits per heavy atom. The van der Waals surface area contributed by atoms with Crippen molar-refractivity contribution >= 4 is 23.3 Å². The van der Waals surface area contributed by atoms with E-state index in [0.717, 1.165) is 12.0 Å². The summed E-state index contributed by atoms with van der Waals surface area (Å²) in [6.07, 6.45) is 2.37. The van der Waals surface area contributed by atoms with E-state index in [4.69, 9.17) is 4.74 Å². The molecule has 0 fully saturated rings. The number of ether oxygens (including phenoxy) is 1. The Kier molecular flexibility index (Phi) is 4.44. The summed E-state index contributed by atoms with van der Waals surface area (Å²) in [7, 11) is 0. The fourth-order valence-electron chi connectivity index (χ4n) is 2.91. The lowest BCUT2D eigenvalue weighted by molar-refractivity contribution is -0.145. The van der Waals surface area contributed by atoms with E-state index in [0.29, 0.717) is 23.8 Å². The fraction of sp³-hybridized carbons (Fsp3) is 0.316. The number of aryl methyl sites for hydroxylation is 1. The fourth-order valence-corrected chi connectivity index (χ4v) is 2.91. The van der Waals surface area contributed by atoms with Gasteiger partial charge in [0.1, 0.15) is 0 Å². The number of fused-ring (bicyclic) bond motifs is 1. The van der Waals surface area contributed by atoms with Gasteiger partial charge in [0.25, 0.3) is 17.4 Å². The molecule has 0 bridgehead atoms. The molecule has 0 saturated heterocycles. The third-order valence-electron chi connectivity index (χ3n) is 4.37. The molecule has 0 radical (unpaired) electrons. The van der Waals surface area contributed by atoms with Crippen LogP contribution in [0.15, 0.2) is 42.6 Å². The van der Waals surface area contributed by atoms with E-state index < -0.39 is 17.4 Å². The van der Waals surface area contributed by atoms with Gasteiger partial charge in [0, 0.05) is 18.4 Å². The molecule has 25 heavy (non-hydrogen) atoms. The van der Waals surface area contributed by atoms with Crippen molar-refractivity contribution in [3.8, 4) is 5.75 Å². The number of anilines is 2. The standard InChI is InChI=1S/C19H21N3O3/c1-4-13-9-6-7-10-14(13)21-17(23)19(3)18(24)22(5-2)16-15(25-19)11-8-12-20-16/h6-12H,4-5H2,1-3H3,(H,21,23)/t19-/m1/s1. The molecule has 0 unspecified atom stereocenters. The van der Waals surface area contributed by atoms with E-state index in [2.05, 4.69) is 10.3 Å². The zero-order valence-electron chi connectivity index (χ0n) is 14.6. The number of para-hydroxylation sites is 1. The Labute approximate surface area is 146 Å². The monoisotopic (exact) mass is 339 g/mol. The Bertz CT molecular complexity index is 821. The molecule has 1 aromatic carbocycles. The van der Waals surface area contributed by atoms with E-state index in [1.165, 1.54) is 11.8 Å². The molecular formula is C19H21N3O3. The molecule has 0 aliphatic carbocycles.